The van der Waals surface area contributed by atoms with E-state index in [1.54, 1.807) is 0 Å². The van der Waals surface area contributed by atoms with Crippen LogP contribution < -0.4 is 21.5 Å². The lowest BCUT2D eigenvalue weighted by molar-refractivity contribution is -0.148. The molecule has 0 aromatic heterocycles. The van der Waals surface area contributed by atoms with E-state index in [1.165, 1.54) is 7.11 Å². The number of hydrogen-bond acceptors (Lipinski definition) is 7. The van der Waals surface area contributed by atoms with E-state index in [4.69, 9.17) is 16.3 Å². The molecule has 3 aliphatic rings. The van der Waals surface area contributed by atoms with Gasteiger partial charge in [0.05, 0.1) is 19.2 Å². The van der Waals surface area contributed by atoms with Crippen molar-refractivity contribution in [2.45, 2.75) is 56.2 Å². The molecule has 3 rings (SSSR count). The largest absolute Gasteiger partial charge is 0.469 e. The Morgan fingerprint density at radius 1 is 1.23 bits per heavy atom. The molecule has 1 aliphatic carbocycles. The summed E-state index contributed by atoms with van der Waals surface area (Å²) in [5, 5.41) is 6.33. The lowest BCUT2D eigenvalue weighted by Crippen LogP contribution is -2.63. The van der Waals surface area contributed by atoms with Crippen molar-refractivity contribution in [2.24, 2.45) is 11.8 Å². The number of methoxy groups -OCH3 is 1. The fourth-order valence-corrected chi connectivity index (χ4v) is 4.77. The smallest absolute Gasteiger partial charge is 0.310 e. The highest BCUT2D eigenvalue weighted by atomic mass is 35.5. The van der Waals surface area contributed by atoms with E-state index in [-0.39, 0.29) is 41.4 Å². The normalized spacial score (nSPS) is 38.7. The summed E-state index contributed by atoms with van der Waals surface area (Å²) in [6.07, 6.45) is 3.20. The molecule has 1 saturated carbocycles. The lowest BCUT2D eigenvalue weighted by atomic mass is 9.77. The summed E-state index contributed by atoms with van der Waals surface area (Å²) >= 11 is 6.28. The number of hydrazine groups is 1. The summed E-state index contributed by atoms with van der Waals surface area (Å²) in [5.74, 6) is -0.646. The third kappa shape index (κ3) is 4.48. The minimum Gasteiger partial charge on any atom is -0.469 e. The number of esters is 1. The van der Waals surface area contributed by atoms with Gasteiger partial charge in [0.1, 0.15) is 6.04 Å². The van der Waals surface area contributed by atoms with Gasteiger partial charge in [0.25, 0.3) is 0 Å². The van der Waals surface area contributed by atoms with E-state index in [2.05, 4.69) is 26.4 Å². The summed E-state index contributed by atoms with van der Waals surface area (Å²) in [4.78, 5) is 27.2. The number of halogens is 1. The van der Waals surface area contributed by atoms with E-state index in [0.717, 1.165) is 39.0 Å². The molecule has 0 radical (unpaired) electrons. The molecule has 0 spiro atoms. The van der Waals surface area contributed by atoms with Crippen LogP contribution in [0, 0.1) is 11.8 Å². The maximum absolute atomic E-state index is 12.8. The summed E-state index contributed by atoms with van der Waals surface area (Å²) in [7, 11) is 1.38. The third-order valence-corrected chi connectivity index (χ3v) is 6.15. The second kappa shape index (κ2) is 8.84. The van der Waals surface area contributed by atoms with Crippen LogP contribution in [0.1, 0.15) is 32.6 Å². The van der Waals surface area contributed by atoms with Crippen LogP contribution in [0.3, 0.4) is 0 Å². The Bertz CT molecular complexity index is 509. The standard InChI is InChI=1S/C17H30ClN5O3/c1-10-7-11(18)8-12(17(25)26-2)15(10)20-16(24)13-3-4-14(22-21-13)23-6-5-19-9-23/h10-15,19,21-22H,3-9H2,1-2H3,(H,20,24). The Hall–Kier alpha value is -0.930. The van der Waals surface area contributed by atoms with E-state index in [1.807, 2.05) is 6.92 Å². The van der Waals surface area contributed by atoms with Crippen molar-refractivity contribution in [2.75, 3.05) is 26.9 Å². The number of alkyl halides is 1. The van der Waals surface area contributed by atoms with Gasteiger partial charge in [-0.2, -0.15) is 0 Å². The Kier molecular flexibility index (Phi) is 6.74. The zero-order valence-corrected chi connectivity index (χ0v) is 16.2. The first-order valence-electron chi connectivity index (χ1n) is 9.47. The van der Waals surface area contributed by atoms with Crippen molar-refractivity contribution in [3.63, 3.8) is 0 Å². The van der Waals surface area contributed by atoms with Gasteiger partial charge in [-0.3, -0.25) is 14.5 Å². The Labute approximate surface area is 159 Å². The number of carbonyl (C=O) groups is 2. The van der Waals surface area contributed by atoms with E-state index in [9.17, 15) is 9.59 Å². The fraction of sp³-hybridized carbons (Fsp3) is 0.882. The lowest BCUT2D eigenvalue weighted by Gasteiger charge is -2.39. The van der Waals surface area contributed by atoms with Crippen molar-refractivity contribution >= 4 is 23.5 Å². The van der Waals surface area contributed by atoms with E-state index >= 15 is 0 Å². The molecule has 0 bridgehead atoms. The van der Waals surface area contributed by atoms with Gasteiger partial charge in [0.15, 0.2) is 0 Å². The predicted octanol–water partition coefficient (Wildman–Crippen LogP) is -0.257. The molecule has 148 valence electrons. The van der Waals surface area contributed by atoms with Crippen molar-refractivity contribution in [1.29, 1.82) is 0 Å². The maximum atomic E-state index is 12.8. The van der Waals surface area contributed by atoms with Gasteiger partial charge in [-0.05, 0) is 31.6 Å². The maximum Gasteiger partial charge on any atom is 0.310 e. The molecule has 8 nitrogen and oxygen atoms in total. The van der Waals surface area contributed by atoms with Gasteiger partial charge < -0.3 is 15.4 Å². The molecular formula is C17H30ClN5O3. The van der Waals surface area contributed by atoms with Gasteiger partial charge in [0.2, 0.25) is 5.91 Å². The van der Waals surface area contributed by atoms with Gasteiger partial charge >= 0.3 is 5.97 Å². The highest BCUT2D eigenvalue weighted by molar-refractivity contribution is 6.20. The fourth-order valence-electron chi connectivity index (χ4n) is 4.29. The number of carbonyl (C=O) groups excluding carboxylic acids is 2. The highest BCUT2D eigenvalue weighted by Crippen LogP contribution is 2.33. The first-order valence-corrected chi connectivity index (χ1v) is 9.91. The number of ether oxygens (including phenoxy) is 1. The Morgan fingerprint density at radius 3 is 2.65 bits per heavy atom. The molecule has 2 aliphatic heterocycles. The van der Waals surface area contributed by atoms with E-state index in [0.29, 0.717) is 6.42 Å². The number of rotatable bonds is 4. The van der Waals surface area contributed by atoms with Crippen LogP contribution in [0.2, 0.25) is 0 Å². The molecule has 2 saturated heterocycles. The molecule has 9 heteroatoms. The molecular weight excluding hydrogens is 358 g/mol. The molecule has 3 fully saturated rings. The second-order valence-electron chi connectivity index (χ2n) is 7.61. The Balaban J connectivity index is 1.55. The summed E-state index contributed by atoms with van der Waals surface area (Å²) in [5.41, 5.74) is 6.40. The molecule has 0 aromatic rings. The SMILES string of the molecule is COC(=O)C1CC(Cl)CC(C)C1NC(=O)C1CCC(N2CCNC2)NN1. The van der Waals surface area contributed by atoms with Crippen LogP contribution >= 0.6 is 11.6 Å². The highest BCUT2D eigenvalue weighted by Gasteiger charge is 2.41. The van der Waals surface area contributed by atoms with Crippen LogP contribution in [-0.4, -0.2) is 67.3 Å². The summed E-state index contributed by atoms with van der Waals surface area (Å²) < 4.78 is 4.93. The summed E-state index contributed by atoms with van der Waals surface area (Å²) in [6.45, 7) is 4.91. The zero-order valence-electron chi connectivity index (χ0n) is 15.5. The minimum atomic E-state index is -0.393. The number of nitrogens with one attached hydrogen (secondary N) is 4. The minimum absolute atomic E-state index is 0.0634. The van der Waals surface area contributed by atoms with Gasteiger partial charge in [-0.1, -0.05) is 6.92 Å². The predicted molar refractivity (Wildman–Crippen MR) is 98.1 cm³/mol. The second-order valence-corrected chi connectivity index (χ2v) is 8.23. The molecule has 1 amide bonds. The first kappa shape index (κ1) is 19.8. The third-order valence-electron chi connectivity index (χ3n) is 5.80. The summed E-state index contributed by atoms with van der Waals surface area (Å²) in [6, 6.07) is -0.548. The van der Waals surface area contributed by atoms with E-state index < -0.39 is 5.92 Å². The van der Waals surface area contributed by atoms with Crippen molar-refractivity contribution in [3.05, 3.63) is 0 Å². The van der Waals surface area contributed by atoms with Crippen LogP contribution in [0.4, 0.5) is 0 Å². The number of amides is 1. The van der Waals surface area contributed by atoms with Crippen LogP contribution in [-0.2, 0) is 14.3 Å². The van der Waals surface area contributed by atoms with Crippen LogP contribution in [0.25, 0.3) is 0 Å². The topological polar surface area (TPSA) is 94.7 Å². The molecule has 4 N–H and O–H groups in total. The monoisotopic (exact) mass is 387 g/mol. The van der Waals surface area contributed by atoms with Gasteiger partial charge in [-0.15, -0.1) is 11.6 Å². The average Bonchev–Trinajstić information content (AvgIpc) is 3.17. The quantitative estimate of drug-likeness (QED) is 0.390. The van der Waals surface area contributed by atoms with Gasteiger partial charge in [0, 0.05) is 31.2 Å². The van der Waals surface area contributed by atoms with Gasteiger partial charge in [-0.25, -0.2) is 10.9 Å². The molecule has 26 heavy (non-hydrogen) atoms. The molecule has 0 aromatic carbocycles. The molecule has 6 atom stereocenters. The average molecular weight is 388 g/mol. The molecule has 2 heterocycles. The van der Waals surface area contributed by atoms with Crippen LogP contribution in [0.15, 0.2) is 0 Å². The van der Waals surface area contributed by atoms with Crippen molar-refractivity contribution in [1.82, 2.24) is 26.4 Å². The van der Waals surface area contributed by atoms with Crippen LogP contribution in [0.5, 0.6) is 0 Å². The van der Waals surface area contributed by atoms with Crippen molar-refractivity contribution in [3.8, 4) is 0 Å². The Morgan fingerprint density at radius 2 is 2.04 bits per heavy atom. The zero-order chi connectivity index (χ0) is 18.7. The van der Waals surface area contributed by atoms with Crippen molar-refractivity contribution < 1.29 is 14.3 Å². The number of hydrogen-bond donors (Lipinski definition) is 4. The first-order chi connectivity index (χ1) is 12.5. The molecule has 6 unspecified atom stereocenters. The number of nitrogens with zero attached hydrogens (tertiary/aromatic N) is 1.